The Bertz CT molecular complexity index is 1070. The number of pyridine rings is 1. The van der Waals surface area contributed by atoms with Crippen LogP contribution in [0.3, 0.4) is 0 Å². The molecule has 3 rings (SSSR count). The fraction of sp³-hybridized carbons (Fsp3) is 0. The summed E-state index contributed by atoms with van der Waals surface area (Å²) in [6.07, 6.45) is 4.05. The summed E-state index contributed by atoms with van der Waals surface area (Å²) in [6, 6.07) is 15.1. The number of nitro benzene ring substituents is 1. The number of amides is 1. The minimum absolute atomic E-state index is 0.0591. The number of non-ortho nitro benzene ring substituents is 1. The van der Waals surface area contributed by atoms with Crippen LogP contribution in [0.15, 0.2) is 78.2 Å². The minimum atomic E-state index is -0.631. The number of carbonyl (C=O) groups excluding carboxylic acids is 2. The van der Waals surface area contributed by atoms with Crippen LogP contribution in [0, 0.1) is 10.1 Å². The highest BCUT2D eigenvalue weighted by Gasteiger charge is 2.15. The van der Waals surface area contributed by atoms with Crippen molar-refractivity contribution in [3.05, 3.63) is 99.9 Å². The van der Waals surface area contributed by atoms with Crippen LogP contribution in [0.1, 0.15) is 26.3 Å². The number of nitrogens with zero attached hydrogens (tertiary/aromatic N) is 3. The van der Waals surface area contributed by atoms with Gasteiger partial charge in [0.1, 0.15) is 5.75 Å². The van der Waals surface area contributed by atoms with Crippen molar-refractivity contribution in [2.24, 2.45) is 5.10 Å². The third-order valence-electron chi connectivity index (χ3n) is 3.71. The number of carbonyl (C=O) groups is 2. The highest BCUT2D eigenvalue weighted by Crippen LogP contribution is 2.24. The maximum Gasteiger partial charge on any atom is 0.343 e. The van der Waals surface area contributed by atoms with Gasteiger partial charge in [0.15, 0.2) is 0 Å². The van der Waals surface area contributed by atoms with Crippen molar-refractivity contribution in [3.8, 4) is 5.75 Å². The van der Waals surface area contributed by atoms with Crippen molar-refractivity contribution in [3.63, 3.8) is 0 Å². The van der Waals surface area contributed by atoms with Gasteiger partial charge in [-0.3, -0.25) is 19.9 Å². The van der Waals surface area contributed by atoms with Crippen molar-refractivity contribution in [2.75, 3.05) is 0 Å². The Balaban J connectivity index is 1.81. The first-order valence-electron chi connectivity index (χ1n) is 8.33. The van der Waals surface area contributed by atoms with Gasteiger partial charge in [-0.15, -0.1) is 0 Å². The number of nitro groups is 1. The smallest absolute Gasteiger partial charge is 0.343 e. The molecule has 0 saturated heterocycles. The number of esters is 1. The molecule has 0 unspecified atom stereocenters. The first kappa shape index (κ1) is 19.4. The summed E-state index contributed by atoms with van der Waals surface area (Å²) < 4.78 is 5.33. The Labute approximate surface area is 164 Å². The molecule has 29 heavy (non-hydrogen) atoms. The van der Waals surface area contributed by atoms with Crippen LogP contribution >= 0.6 is 0 Å². The van der Waals surface area contributed by atoms with Crippen LogP contribution in [-0.2, 0) is 0 Å². The van der Waals surface area contributed by atoms with Gasteiger partial charge in [-0.25, -0.2) is 10.2 Å². The zero-order valence-corrected chi connectivity index (χ0v) is 14.9. The summed E-state index contributed by atoms with van der Waals surface area (Å²) in [5.74, 6) is -1.08. The highest BCUT2D eigenvalue weighted by atomic mass is 16.6. The highest BCUT2D eigenvalue weighted by molar-refractivity contribution is 5.96. The van der Waals surface area contributed by atoms with Crippen molar-refractivity contribution in [1.29, 1.82) is 0 Å². The summed E-state index contributed by atoms with van der Waals surface area (Å²) in [4.78, 5) is 38.6. The molecular weight excluding hydrogens is 376 g/mol. The molecule has 1 N–H and O–H groups in total. The largest absolute Gasteiger partial charge is 0.422 e. The standard InChI is InChI=1S/C20H14N4O5/c25-19(15-7-4-10-21-12-15)23-22-13-16-11-17(24(27)28)8-9-18(16)29-20(26)14-5-2-1-3-6-14/h1-13H,(H,23,25)/b22-13+. The van der Waals surface area contributed by atoms with Crippen LogP contribution in [-0.4, -0.2) is 28.0 Å². The molecule has 0 radical (unpaired) electrons. The molecular formula is C20H14N4O5. The molecule has 0 saturated carbocycles. The average molecular weight is 390 g/mol. The number of nitrogens with one attached hydrogen (secondary N) is 1. The summed E-state index contributed by atoms with van der Waals surface area (Å²) in [5, 5.41) is 14.8. The summed E-state index contributed by atoms with van der Waals surface area (Å²) in [6.45, 7) is 0. The number of ether oxygens (including phenoxy) is 1. The second kappa shape index (κ2) is 9.00. The fourth-order valence-electron chi connectivity index (χ4n) is 2.30. The summed E-state index contributed by atoms with van der Waals surface area (Å²) in [7, 11) is 0. The third-order valence-corrected chi connectivity index (χ3v) is 3.71. The third kappa shape index (κ3) is 5.07. The Kier molecular flexibility index (Phi) is 6.01. The zero-order valence-electron chi connectivity index (χ0n) is 14.9. The van der Waals surface area contributed by atoms with Gasteiger partial charge < -0.3 is 4.74 Å². The van der Waals surface area contributed by atoms with Crippen molar-refractivity contribution in [2.45, 2.75) is 0 Å². The van der Waals surface area contributed by atoms with Gasteiger partial charge in [0.2, 0.25) is 0 Å². The first-order chi connectivity index (χ1) is 14.0. The molecule has 1 aromatic heterocycles. The molecule has 9 nitrogen and oxygen atoms in total. The maximum atomic E-state index is 12.3. The predicted molar refractivity (Wildman–Crippen MR) is 104 cm³/mol. The van der Waals surface area contributed by atoms with Crippen LogP contribution in [0.5, 0.6) is 5.75 Å². The molecule has 0 aliphatic rings. The lowest BCUT2D eigenvalue weighted by Gasteiger charge is -2.07. The lowest BCUT2D eigenvalue weighted by atomic mass is 10.2. The van der Waals surface area contributed by atoms with E-state index in [2.05, 4.69) is 15.5 Å². The molecule has 3 aromatic rings. The van der Waals surface area contributed by atoms with Crippen molar-refractivity contribution < 1.29 is 19.2 Å². The van der Waals surface area contributed by atoms with Crippen LogP contribution < -0.4 is 10.2 Å². The molecule has 1 heterocycles. The molecule has 2 aromatic carbocycles. The van der Waals surface area contributed by atoms with Gasteiger partial charge in [-0.05, 0) is 30.3 Å². The van der Waals surface area contributed by atoms with E-state index >= 15 is 0 Å². The van der Waals surface area contributed by atoms with Crippen molar-refractivity contribution in [1.82, 2.24) is 10.4 Å². The quantitative estimate of drug-likeness (QED) is 0.227. The maximum absolute atomic E-state index is 12.3. The van der Waals surface area contributed by atoms with Gasteiger partial charge in [-0.1, -0.05) is 18.2 Å². The van der Waals surface area contributed by atoms with E-state index in [1.54, 1.807) is 42.5 Å². The Morgan fingerprint density at radius 1 is 1.07 bits per heavy atom. The van der Waals surface area contributed by atoms with E-state index < -0.39 is 16.8 Å². The van der Waals surface area contributed by atoms with E-state index in [0.29, 0.717) is 11.1 Å². The van der Waals surface area contributed by atoms with E-state index in [0.717, 1.165) is 6.21 Å². The molecule has 0 spiro atoms. The van der Waals surface area contributed by atoms with Gasteiger partial charge >= 0.3 is 5.97 Å². The SMILES string of the molecule is O=C(N/N=C/c1cc([N+](=O)[O-])ccc1OC(=O)c1ccccc1)c1cccnc1. The van der Waals surface area contributed by atoms with Crippen LogP contribution in [0.2, 0.25) is 0 Å². The van der Waals surface area contributed by atoms with Crippen LogP contribution in [0.25, 0.3) is 0 Å². The van der Waals surface area contributed by atoms with Crippen molar-refractivity contribution >= 4 is 23.8 Å². The molecule has 144 valence electrons. The number of hydrogen-bond acceptors (Lipinski definition) is 7. The van der Waals surface area contributed by atoms with E-state index in [-0.39, 0.29) is 17.0 Å². The minimum Gasteiger partial charge on any atom is -0.422 e. The fourth-order valence-corrected chi connectivity index (χ4v) is 2.30. The van der Waals surface area contributed by atoms with E-state index in [1.165, 1.54) is 30.6 Å². The zero-order chi connectivity index (χ0) is 20.6. The molecule has 0 aliphatic carbocycles. The molecule has 0 aliphatic heterocycles. The summed E-state index contributed by atoms with van der Waals surface area (Å²) >= 11 is 0. The van der Waals surface area contributed by atoms with Gasteiger partial charge in [0.05, 0.1) is 22.3 Å². The van der Waals surface area contributed by atoms with E-state index in [1.807, 2.05) is 0 Å². The average Bonchev–Trinajstić information content (AvgIpc) is 2.75. The van der Waals surface area contributed by atoms with E-state index in [9.17, 15) is 19.7 Å². The number of hydrazone groups is 1. The molecule has 1 amide bonds. The summed E-state index contributed by atoms with van der Waals surface area (Å²) in [5.41, 5.74) is 2.83. The molecule has 0 atom stereocenters. The van der Waals surface area contributed by atoms with Gasteiger partial charge in [-0.2, -0.15) is 5.10 Å². The lowest BCUT2D eigenvalue weighted by Crippen LogP contribution is -2.17. The normalized spacial score (nSPS) is 10.5. The molecule has 0 fully saturated rings. The predicted octanol–water partition coefficient (Wildman–Crippen LogP) is 2.97. The first-order valence-corrected chi connectivity index (χ1v) is 8.33. The number of rotatable bonds is 6. The number of aromatic nitrogens is 1. The molecule has 0 bridgehead atoms. The monoisotopic (exact) mass is 390 g/mol. The second-order valence-corrected chi connectivity index (χ2v) is 5.68. The topological polar surface area (TPSA) is 124 Å². The Morgan fingerprint density at radius 3 is 2.52 bits per heavy atom. The van der Waals surface area contributed by atoms with E-state index in [4.69, 9.17) is 4.74 Å². The molecule has 9 heteroatoms. The Morgan fingerprint density at radius 2 is 1.83 bits per heavy atom. The second-order valence-electron chi connectivity index (χ2n) is 5.68. The van der Waals surface area contributed by atoms with Gasteiger partial charge in [0.25, 0.3) is 11.6 Å². The lowest BCUT2D eigenvalue weighted by molar-refractivity contribution is -0.384. The number of hydrogen-bond donors (Lipinski definition) is 1. The van der Waals surface area contributed by atoms with Crippen LogP contribution in [0.4, 0.5) is 5.69 Å². The Hall–Kier alpha value is -4.40. The van der Waals surface area contributed by atoms with Gasteiger partial charge in [0, 0.05) is 30.1 Å². The number of benzene rings is 2.